The second kappa shape index (κ2) is 5.54. The van der Waals surface area contributed by atoms with Crippen molar-refractivity contribution in [1.29, 1.82) is 0 Å². The van der Waals surface area contributed by atoms with Crippen LogP contribution in [0, 0.1) is 13.8 Å². The Hall–Kier alpha value is -1.40. The molecule has 0 saturated carbocycles. The topological polar surface area (TPSA) is 55.1 Å². The Morgan fingerprint density at radius 2 is 2.25 bits per heavy atom. The highest BCUT2D eigenvalue weighted by Crippen LogP contribution is 2.22. The Morgan fingerprint density at radius 3 is 2.95 bits per heavy atom. The lowest BCUT2D eigenvalue weighted by Crippen LogP contribution is -2.31. The van der Waals surface area contributed by atoms with Crippen LogP contribution in [0.5, 0.6) is 0 Å². The van der Waals surface area contributed by atoms with Crippen LogP contribution in [0.4, 0.5) is 0 Å². The molecule has 2 aromatic rings. The van der Waals surface area contributed by atoms with Crippen LogP contribution in [0.3, 0.4) is 0 Å². The third kappa shape index (κ3) is 2.58. The number of hydrogen-bond acceptors (Lipinski definition) is 6. The maximum absolute atomic E-state index is 5.23. The maximum atomic E-state index is 5.23. The van der Waals surface area contributed by atoms with Gasteiger partial charge in [-0.15, -0.1) is 0 Å². The van der Waals surface area contributed by atoms with Gasteiger partial charge in [-0.05, 0) is 20.1 Å². The first kappa shape index (κ1) is 13.6. The van der Waals surface area contributed by atoms with Crippen LogP contribution in [-0.2, 0) is 19.5 Å². The van der Waals surface area contributed by atoms with Crippen molar-refractivity contribution in [3.8, 4) is 0 Å². The van der Waals surface area contributed by atoms with Gasteiger partial charge in [0.2, 0.25) is 0 Å². The van der Waals surface area contributed by atoms with E-state index >= 15 is 0 Å². The minimum Gasteiger partial charge on any atom is -0.361 e. The lowest BCUT2D eigenvalue weighted by atomic mass is 10.1. The minimum absolute atomic E-state index is 0.864. The van der Waals surface area contributed by atoms with Crippen LogP contribution in [0.2, 0.25) is 0 Å². The number of rotatable bonds is 3. The lowest BCUT2D eigenvalue weighted by molar-refractivity contribution is 0.240. The van der Waals surface area contributed by atoms with Gasteiger partial charge in [-0.25, -0.2) is 9.97 Å². The van der Waals surface area contributed by atoms with Gasteiger partial charge in [-0.3, -0.25) is 4.90 Å². The van der Waals surface area contributed by atoms with Gasteiger partial charge in [0.05, 0.1) is 11.4 Å². The first-order valence-corrected chi connectivity index (χ1v) is 7.92. The van der Waals surface area contributed by atoms with Gasteiger partial charge in [0, 0.05) is 43.4 Å². The molecule has 2 aromatic heterocycles. The van der Waals surface area contributed by atoms with Crippen LogP contribution in [0.15, 0.2) is 15.9 Å². The van der Waals surface area contributed by atoms with Gasteiger partial charge in [-0.1, -0.05) is 16.9 Å². The molecule has 0 aliphatic carbocycles. The molecule has 106 valence electrons. The van der Waals surface area contributed by atoms with E-state index in [2.05, 4.69) is 20.0 Å². The molecule has 0 fully saturated rings. The Bertz CT molecular complexity index is 606. The van der Waals surface area contributed by atoms with Gasteiger partial charge in [0.25, 0.3) is 0 Å². The fourth-order valence-corrected chi connectivity index (χ4v) is 2.90. The molecular weight excluding hydrogens is 272 g/mol. The summed E-state index contributed by atoms with van der Waals surface area (Å²) < 4.78 is 5.23. The van der Waals surface area contributed by atoms with Crippen molar-refractivity contribution in [2.24, 2.45) is 0 Å². The van der Waals surface area contributed by atoms with E-state index in [1.165, 1.54) is 16.8 Å². The SMILES string of the molecule is CSc1ncc2c(n1)CCN(Cc1c(C)noc1C)C2. The fraction of sp³-hybridized carbons (Fsp3) is 0.500. The second-order valence-electron chi connectivity index (χ2n) is 5.09. The van der Waals surface area contributed by atoms with E-state index in [4.69, 9.17) is 4.52 Å². The van der Waals surface area contributed by atoms with E-state index in [1.54, 1.807) is 11.8 Å². The molecule has 6 heteroatoms. The van der Waals surface area contributed by atoms with Crippen molar-refractivity contribution in [2.45, 2.75) is 38.5 Å². The largest absolute Gasteiger partial charge is 0.361 e. The summed E-state index contributed by atoms with van der Waals surface area (Å²) in [7, 11) is 0. The average Bonchev–Trinajstić information content (AvgIpc) is 2.78. The van der Waals surface area contributed by atoms with Crippen LogP contribution in [0.1, 0.15) is 28.3 Å². The standard InChI is InChI=1S/C14H18N4OS/c1-9-12(10(2)19-17-9)8-18-5-4-13-11(7-18)6-15-14(16-13)20-3/h6H,4-5,7-8H2,1-3H3. The zero-order valence-electron chi connectivity index (χ0n) is 12.0. The predicted octanol–water partition coefficient (Wildman–Crippen LogP) is 2.36. The van der Waals surface area contributed by atoms with Crippen molar-refractivity contribution in [3.05, 3.63) is 34.5 Å². The second-order valence-corrected chi connectivity index (χ2v) is 5.87. The summed E-state index contributed by atoms with van der Waals surface area (Å²) >= 11 is 1.59. The fourth-order valence-electron chi connectivity index (χ4n) is 2.54. The summed E-state index contributed by atoms with van der Waals surface area (Å²) in [4.78, 5) is 11.4. The predicted molar refractivity (Wildman–Crippen MR) is 77.6 cm³/mol. The van der Waals surface area contributed by atoms with Crippen molar-refractivity contribution in [1.82, 2.24) is 20.0 Å². The van der Waals surface area contributed by atoms with Gasteiger partial charge in [-0.2, -0.15) is 0 Å². The Balaban J connectivity index is 1.76. The molecule has 0 amide bonds. The smallest absolute Gasteiger partial charge is 0.187 e. The Morgan fingerprint density at radius 1 is 1.40 bits per heavy atom. The van der Waals surface area contributed by atoms with Crippen LogP contribution >= 0.6 is 11.8 Å². The highest BCUT2D eigenvalue weighted by atomic mass is 32.2. The van der Waals surface area contributed by atoms with E-state index in [0.29, 0.717) is 0 Å². The summed E-state index contributed by atoms with van der Waals surface area (Å²) in [6, 6.07) is 0. The molecule has 0 aromatic carbocycles. The summed E-state index contributed by atoms with van der Waals surface area (Å²) in [5, 5.41) is 4.88. The monoisotopic (exact) mass is 290 g/mol. The van der Waals surface area contributed by atoms with Crippen LogP contribution in [0.25, 0.3) is 0 Å². The van der Waals surface area contributed by atoms with Crippen molar-refractivity contribution in [3.63, 3.8) is 0 Å². The minimum atomic E-state index is 0.864. The number of aromatic nitrogens is 3. The number of nitrogens with zero attached hydrogens (tertiary/aromatic N) is 4. The molecular formula is C14H18N4OS. The number of thioether (sulfide) groups is 1. The molecule has 3 heterocycles. The van der Waals surface area contributed by atoms with E-state index in [-0.39, 0.29) is 0 Å². The normalized spacial score (nSPS) is 15.3. The molecule has 0 bridgehead atoms. The molecule has 0 radical (unpaired) electrons. The average molecular weight is 290 g/mol. The first-order valence-electron chi connectivity index (χ1n) is 6.70. The molecule has 0 atom stereocenters. The first-order chi connectivity index (χ1) is 9.67. The van der Waals surface area contributed by atoms with E-state index in [1.807, 2.05) is 26.3 Å². The Kier molecular flexibility index (Phi) is 3.76. The van der Waals surface area contributed by atoms with Gasteiger partial charge >= 0.3 is 0 Å². The van der Waals surface area contributed by atoms with Crippen molar-refractivity contribution < 1.29 is 4.52 Å². The summed E-state index contributed by atoms with van der Waals surface area (Å²) in [6.45, 7) is 6.76. The Labute approximate surface area is 122 Å². The van der Waals surface area contributed by atoms with Crippen LogP contribution < -0.4 is 0 Å². The molecule has 1 aliphatic rings. The van der Waals surface area contributed by atoms with Gasteiger partial charge in [0.15, 0.2) is 5.16 Å². The molecule has 0 N–H and O–H groups in total. The molecule has 3 rings (SSSR count). The molecule has 0 spiro atoms. The zero-order valence-corrected chi connectivity index (χ0v) is 12.8. The molecule has 0 saturated heterocycles. The number of hydrogen-bond donors (Lipinski definition) is 0. The van der Waals surface area contributed by atoms with E-state index < -0.39 is 0 Å². The molecule has 20 heavy (non-hydrogen) atoms. The molecule has 5 nitrogen and oxygen atoms in total. The maximum Gasteiger partial charge on any atom is 0.187 e. The van der Waals surface area contributed by atoms with Gasteiger partial charge in [0.1, 0.15) is 5.76 Å². The summed E-state index contributed by atoms with van der Waals surface area (Å²) in [6.07, 6.45) is 4.96. The molecule has 0 unspecified atom stereocenters. The molecule has 1 aliphatic heterocycles. The van der Waals surface area contributed by atoms with Crippen molar-refractivity contribution >= 4 is 11.8 Å². The van der Waals surface area contributed by atoms with E-state index in [9.17, 15) is 0 Å². The van der Waals surface area contributed by atoms with Crippen molar-refractivity contribution in [2.75, 3.05) is 12.8 Å². The number of fused-ring (bicyclic) bond motifs is 1. The summed E-state index contributed by atoms with van der Waals surface area (Å²) in [5.74, 6) is 0.919. The summed E-state index contributed by atoms with van der Waals surface area (Å²) in [5.41, 5.74) is 4.62. The van der Waals surface area contributed by atoms with Gasteiger partial charge < -0.3 is 4.52 Å². The highest BCUT2D eigenvalue weighted by Gasteiger charge is 2.20. The third-order valence-electron chi connectivity index (χ3n) is 3.74. The number of aryl methyl sites for hydroxylation is 2. The zero-order chi connectivity index (χ0) is 14.1. The van der Waals surface area contributed by atoms with Crippen LogP contribution in [-0.4, -0.2) is 32.8 Å². The van der Waals surface area contributed by atoms with E-state index in [0.717, 1.165) is 42.7 Å². The quantitative estimate of drug-likeness (QED) is 0.639. The lowest BCUT2D eigenvalue weighted by Gasteiger charge is -2.27. The third-order valence-corrected chi connectivity index (χ3v) is 4.30. The highest BCUT2D eigenvalue weighted by molar-refractivity contribution is 7.98.